The number of halogens is 3. The molecular formula is C31H41F2IN6O3. The van der Waals surface area contributed by atoms with Crippen molar-refractivity contribution in [1.82, 2.24) is 19.4 Å². The molecule has 2 heterocycles. The number of hydrogen-bond donors (Lipinski definition) is 1. The molecule has 234 valence electrons. The third kappa shape index (κ3) is 8.09. The summed E-state index contributed by atoms with van der Waals surface area (Å²) in [5.74, 6) is -2.89. The maximum absolute atomic E-state index is 14.7. The van der Waals surface area contributed by atoms with Gasteiger partial charge in [-0.2, -0.15) is 4.39 Å². The second-order valence-corrected chi connectivity index (χ2v) is 11.7. The molecule has 0 bridgehead atoms. The van der Waals surface area contributed by atoms with E-state index >= 15 is 0 Å². The minimum Gasteiger partial charge on any atom is -1.00 e. The summed E-state index contributed by atoms with van der Waals surface area (Å²) in [7, 11) is 9.40. The lowest BCUT2D eigenvalue weighted by atomic mass is 10.0. The Morgan fingerprint density at radius 3 is 2.37 bits per heavy atom. The van der Waals surface area contributed by atoms with E-state index in [1.165, 1.54) is 30.0 Å². The average molecular weight is 711 g/mol. The van der Waals surface area contributed by atoms with Crippen molar-refractivity contribution in [2.75, 3.05) is 72.8 Å². The molecule has 2 amide bonds. The van der Waals surface area contributed by atoms with Crippen LogP contribution in [0.25, 0.3) is 11.3 Å². The molecule has 0 aliphatic carbocycles. The molecule has 1 saturated heterocycles. The molecule has 0 atom stereocenters. The number of aromatic nitrogens is 2. The van der Waals surface area contributed by atoms with Crippen LogP contribution in [-0.4, -0.2) is 103 Å². The third-order valence-corrected chi connectivity index (χ3v) is 7.67. The molecule has 1 aromatic heterocycles. The van der Waals surface area contributed by atoms with Crippen LogP contribution in [-0.2, 0) is 13.5 Å². The van der Waals surface area contributed by atoms with Crippen LogP contribution in [0.15, 0.2) is 36.5 Å². The van der Waals surface area contributed by atoms with E-state index in [2.05, 4.69) is 36.3 Å². The Hall–Kier alpha value is -3.10. The van der Waals surface area contributed by atoms with Crippen molar-refractivity contribution in [3.8, 4) is 17.0 Å². The molecule has 2 aromatic carbocycles. The van der Waals surface area contributed by atoms with Gasteiger partial charge in [0.1, 0.15) is 0 Å². The first-order valence-corrected chi connectivity index (χ1v) is 14.2. The van der Waals surface area contributed by atoms with Crippen LogP contribution in [0.5, 0.6) is 5.75 Å². The molecule has 12 heteroatoms. The average Bonchev–Trinajstić information content (AvgIpc) is 3.34. The highest BCUT2D eigenvalue weighted by molar-refractivity contribution is 6.03. The van der Waals surface area contributed by atoms with Crippen LogP contribution in [0.3, 0.4) is 0 Å². The second kappa shape index (κ2) is 14.6. The van der Waals surface area contributed by atoms with Crippen LogP contribution >= 0.6 is 0 Å². The van der Waals surface area contributed by atoms with Gasteiger partial charge in [-0.15, -0.1) is 0 Å². The molecule has 1 N–H and O–H groups in total. The molecule has 3 aromatic rings. The van der Waals surface area contributed by atoms with Crippen molar-refractivity contribution in [2.24, 2.45) is 7.05 Å². The van der Waals surface area contributed by atoms with Gasteiger partial charge in [0.2, 0.25) is 5.82 Å². The normalized spacial score (nSPS) is 13.9. The summed E-state index contributed by atoms with van der Waals surface area (Å²) in [4.78, 5) is 35.0. The Kier molecular flexibility index (Phi) is 11.7. The number of benzene rings is 2. The zero-order valence-electron chi connectivity index (χ0n) is 25.7. The highest BCUT2D eigenvalue weighted by atomic mass is 127. The number of methoxy groups -OCH3 is 1. The number of imidazole rings is 1. The minimum atomic E-state index is -1.11. The van der Waals surface area contributed by atoms with Crippen LogP contribution in [0, 0.1) is 11.6 Å². The van der Waals surface area contributed by atoms with E-state index in [-0.39, 0.29) is 52.7 Å². The molecular weight excluding hydrogens is 669 g/mol. The summed E-state index contributed by atoms with van der Waals surface area (Å²) >= 11 is 0. The van der Waals surface area contributed by atoms with E-state index < -0.39 is 17.5 Å². The summed E-state index contributed by atoms with van der Waals surface area (Å²) in [6.45, 7) is 7.21. The lowest BCUT2D eigenvalue weighted by molar-refractivity contribution is -0.870. The third-order valence-electron chi connectivity index (χ3n) is 7.67. The zero-order valence-corrected chi connectivity index (χ0v) is 27.9. The standard InChI is InChI=1S/C31H40F2N6O3.HI/c1-7-21-19-22(9-10-23(21)31(41)38-16-14-37(15-17-38)13-8-18-39(3,4)5)35-30(40)29-34-20-25(36(29)2)24-11-12-26(42-6)28(33)27(24)32;/h9-12,19-20H,7-8,13-18H2,1-6H3;1H. The van der Waals surface area contributed by atoms with Crippen molar-refractivity contribution in [2.45, 2.75) is 19.8 Å². The fourth-order valence-corrected chi connectivity index (χ4v) is 5.23. The number of nitrogens with one attached hydrogen (secondary N) is 1. The van der Waals surface area contributed by atoms with Crippen LogP contribution in [0.1, 0.15) is 39.9 Å². The Balaban J connectivity index is 0.00000506. The van der Waals surface area contributed by atoms with E-state index in [0.717, 1.165) is 42.6 Å². The lowest BCUT2D eigenvalue weighted by Gasteiger charge is -2.35. The molecule has 0 saturated carbocycles. The number of aryl methyl sites for hydroxylation is 1. The van der Waals surface area contributed by atoms with Crippen molar-refractivity contribution >= 4 is 17.5 Å². The summed E-state index contributed by atoms with van der Waals surface area (Å²) < 4.78 is 36.1. The first-order chi connectivity index (χ1) is 19.9. The number of anilines is 1. The van der Waals surface area contributed by atoms with Crippen LogP contribution < -0.4 is 34.0 Å². The van der Waals surface area contributed by atoms with E-state index in [0.29, 0.717) is 30.8 Å². The Morgan fingerprint density at radius 1 is 1.05 bits per heavy atom. The van der Waals surface area contributed by atoms with Gasteiger partial charge in [0.15, 0.2) is 17.4 Å². The second-order valence-electron chi connectivity index (χ2n) is 11.7. The van der Waals surface area contributed by atoms with Crippen molar-refractivity contribution < 1.29 is 51.6 Å². The summed E-state index contributed by atoms with van der Waals surface area (Å²) in [5.41, 5.74) is 2.18. The lowest BCUT2D eigenvalue weighted by Crippen LogP contribution is -3.00. The molecule has 1 aliphatic rings. The molecule has 0 radical (unpaired) electrons. The van der Waals surface area contributed by atoms with Gasteiger partial charge in [0.25, 0.3) is 11.8 Å². The van der Waals surface area contributed by atoms with Gasteiger partial charge in [0.05, 0.1) is 46.7 Å². The first-order valence-electron chi connectivity index (χ1n) is 14.2. The molecule has 0 unspecified atom stereocenters. The number of piperazine rings is 1. The van der Waals surface area contributed by atoms with Gasteiger partial charge in [-0.25, -0.2) is 9.37 Å². The first kappa shape index (κ1) is 34.4. The number of hydrogen-bond acceptors (Lipinski definition) is 5. The minimum absolute atomic E-state index is 0. The smallest absolute Gasteiger partial charge is 0.291 e. The maximum atomic E-state index is 14.7. The topological polar surface area (TPSA) is 79.7 Å². The maximum Gasteiger partial charge on any atom is 0.291 e. The highest BCUT2D eigenvalue weighted by Gasteiger charge is 2.25. The number of quaternary nitrogens is 1. The van der Waals surface area contributed by atoms with E-state index in [4.69, 9.17) is 4.74 Å². The quantitative estimate of drug-likeness (QED) is 0.252. The number of rotatable bonds is 10. The van der Waals surface area contributed by atoms with Crippen molar-refractivity contribution in [3.63, 3.8) is 0 Å². The number of carbonyl (C=O) groups is 2. The number of ether oxygens (including phenoxy) is 1. The summed E-state index contributed by atoms with van der Waals surface area (Å²) in [6.07, 6.45) is 3.06. The van der Waals surface area contributed by atoms with E-state index in [1.807, 2.05) is 11.8 Å². The zero-order chi connectivity index (χ0) is 30.6. The monoisotopic (exact) mass is 710 g/mol. The Morgan fingerprint density at radius 2 is 1.74 bits per heavy atom. The molecule has 43 heavy (non-hydrogen) atoms. The van der Waals surface area contributed by atoms with E-state index in [1.54, 1.807) is 25.2 Å². The van der Waals surface area contributed by atoms with E-state index in [9.17, 15) is 18.4 Å². The molecule has 4 rings (SSSR count). The van der Waals surface area contributed by atoms with Crippen LogP contribution in [0.4, 0.5) is 14.5 Å². The van der Waals surface area contributed by atoms with Gasteiger partial charge in [-0.3, -0.25) is 14.5 Å². The predicted molar refractivity (Wildman–Crippen MR) is 159 cm³/mol. The number of carbonyl (C=O) groups excluding carboxylic acids is 2. The molecule has 9 nitrogen and oxygen atoms in total. The molecule has 0 spiro atoms. The van der Waals surface area contributed by atoms with Gasteiger partial charge < -0.3 is 48.0 Å². The van der Waals surface area contributed by atoms with Crippen molar-refractivity contribution in [3.05, 3.63) is 65.1 Å². The molecule has 1 aliphatic heterocycles. The number of amides is 2. The predicted octanol–water partition coefficient (Wildman–Crippen LogP) is 1.05. The SMILES string of the molecule is CCc1cc(NC(=O)c2ncc(-c3ccc(OC)c(F)c3F)n2C)ccc1C(=O)N1CCN(CCC[N+](C)(C)C)CC1.[I-]. The number of nitrogens with zero attached hydrogens (tertiary/aromatic N) is 5. The fourth-order valence-electron chi connectivity index (χ4n) is 5.23. The van der Waals surface area contributed by atoms with Gasteiger partial charge >= 0.3 is 0 Å². The largest absolute Gasteiger partial charge is 1.00 e. The summed E-state index contributed by atoms with van der Waals surface area (Å²) in [5, 5.41) is 2.82. The highest BCUT2D eigenvalue weighted by Crippen LogP contribution is 2.30. The van der Waals surface area contributed by atoms with Crippen LogP contribution in [0.2, 0.25) is 0 Å². The van der Waals surface area contributed by atoms with Crippen molar-refractivity contribution in [1.29, 1.82) is 0 Å². The molecule has 1 fully saturated rings. The van der Waals surface area contributed by atoms with Gasteiger partial charge in [0, 0.05) is 63.0 Å². The van der Waals surface area contributed by atoms with Gasteiger partial charge in [-0.05, 0) is 42.3 Å². The fraction of sp³-hybridized carbons (Fsp3) is 0.452. The Labute approximate surface area is 269 Å². The van der Waals surface area contributed by atoms with Gasteiger partial charge in [-0.1, -0.05) is 6.92 Å². The Bertz CT molecular complexity index is 1450. The summed E-state index contributed by atoms with van der Waals surface area (Å²) in [6, 6.07) is 7.96.